The van der Waals surface area contributed by atoms with Crippen molar-refractivity contribution in [3.63, 3.8) is 0 Å². The van der Waals surface area contributed by atoms with Crippen LogP contribution in [-0.2, 0) is 9.59 Å². The summed E-state index contributed by atoms with van der Waals surface area (Å²) in [6.07, 6.45) is 1.68. The number of benzene rings is 1. The largest absolute Gasteiger partial charge is 0.496 e. The Hall–Kier alpha value is -3.34. The summed E-state index contributed by atoms with van der Waals surface area (Å²) in [6, 6.07) is 9.00. The average Bonchev–Trinajstić information content (AvgIpc) is 3.55. The standard InChI is InChI=1S/C27H34N4O4/c1-27(2,3)18-12-22(23(32)11-16(14-28)10-17-8-9-29-25(17)33)31(15-18)26(34)21-13-19-20(30-21)6-5-7-24(19)35-4/h5-7,13,16-18,22,30H,8-12,15H2,1-4H3,(H,29,33)/t16-,17+,18-,22+/m1/s1. The Bertz CT molecular complexity index is 1170. The van der Waals surface area contributed by atoms with Crippen molar-refractivity contribution in [3.05, 3.63) is 30.0 Å². The molecule has 2 aliphatic rings. The van der Waals surface area contributed by atoms with Gasteiger partial charge in [-0.2, -0.15) is 5.26 Å². The molecule has 0 saturated carbocycles. The van der Waals surface area contributed by atoms with Crippen molar-refractivity contribution < 1.29 is 19.1 Å². The lowest BCUT2D eigenvalue weighted by Crippen LogP contribution is -2.41. The van der Waals surface area contributed by atoms with Crippen LogP contribution in [-0.4, -0.2) is 53.7 Å². The fourth-order valence-corrected chi connectivity index (χ4v) is 5.34. The third-order valence-electron chi connectivity index (χ3n) is 7.59. The lowest BCUT2D eigenvalue weighted by Gasteiger charge is -2.26. The van der Waals surface area contributed by atoms with Gasteiger partial charge in [0.1, 0.15) is 11.4 Å². The summed E-state index contributed by atoms with van der Waals surface area (Å²) in [5.41, 5.74) is 1.13. The van der Waals surface area contributed by atoms with Gasteiger partial charge in [-0.05, 0) is 48.8 Å². The lowest BCUT2D eigenvalue weighted by atomic mass is 9.78. The molecule has 4 rings (SSSR count). The number of ketones is 1. The molecule has 2 N–H and O–H groups in total. The molecule has 2 aliphatic heterocycles. The van der Waals surface area contributed by atoms with E-state index < -0.39 is 12.0 Å². The van der Waals surface area contributed by atoms with Crippen LogP contribution in [0.5, 0.6) is 5.75 Å². The van der Waals surface area contributed by atoms with E-state index in [0.29, 0.717) is 43.8 Å². The highest BCUT2D eigenvalue weighted by atomic mass is 16.5. The number of carbonyl (C=O) groups excluding carboxylic acids is 3. The van der Waals surface area contributed by atoms with Crippen LogP contribution in [0.2, 0.25) is 0 Å². The van der Waals surface area contributed by atoms with E-state index >= 15 is 0 Å². The molecule has 2 saturated heterocycles. The maximum atomic E-state index is 13.7. The van der Waals surface area contributed by atoms with Crippen molar-refractivity contribution in [1.29, 1.82) is 5.26 Å². The Labute approximate surface area is 206 Å². The molecule has 0 aliphatic carbocycles. The van der Waals surface area contributed by atoms with Gasteiger partial charge in [0.25, 0.3) is 5.91 Å². The lowest BCUT2D eigenvalue weighted by molar-refractivity contribution is -0.125. The topological polar surface area (TPSA) is 115 Å². The van der Waals surface area contributed by atoms with Gasteiger partial charge in [-0.25, -0.2) is 0 Å². The Morgan fingerprint density at radius 3 is 2.71 bits per heavy atom. The van der Waals surface area contributed by atoms with Gasteiger partial charge in [0.15, 0.2) is 5.78 Å². The number of nitrogens with zero attached hydrogens (tertiary/aromatic N) is 2. The first-order chi connectivity index (χ1) is 16.6. The van der Waals surface area contributed by atoms with Crippen LogP contribution in [0.4, 0.5) is 0 Å². The van der Waals surface area contributed by atoms with Gasteiger partial charge in [-0.3, -0.25) is 14.4 Å². The summed E-state index contributed by atoms with van der Waals surface area (Å²) in [7, 11) is 1.59. The number of Topliss-reactive ketones (excluding diaryl/α,β-unsaturated/α-hetero) is 1. The van der Waals surface area contributed by atoms with Crippen LogP contribution in [0.3, 0.4) is 0 Å². The number of rotatable bonds is 7. The number of likely N-dealkylation sites (tertiary alicyclic amines) is 1. The molecule has 8 heteroatoms. The normalized spacial score (nSPS) is 23.2. The van der Waals surface area contributed by atoms with E-state index in [-0.39, 0.29) is 41.3 Å². The maximum absolute atomic E-state index is 13.7. The molecule has 1 aromatic carbocycles. The Balaban J connectivity index is 1.56. The Kier molecular flexibility index (Phi) is 6.88. The second kappa shape index (κ2) is 9.73. The van der Waals surface area contributed by atoms with Crippen molar-refractivity contribution in [1.82, 2.24) is 15.2 Å². The number of nitrogens with one attached hydrogen (secondary N) is 2. The van der Waals surface area contributed by atoms with Gasteiger partial charge in [-0.1, -0.05) is 26.8 Å². The maximum Gasteiger partial charge on any atom is 0.270 e. The number of methoxy groups -OCH3 is 1. The van der Waals surface area contributed by atoms with Crippen molar-refractivity contribution in [2.75, 3.05) is 20.2 Å². The van der Waals surface area contributed by atoms with Gasteiger partial charge in [0.2, 0.25) is 5.91 Å². The molecule has 186 valence electrons. The molecular weight excluding hydrogens is 444 g/mol. The van der Waals surface area contributed by atoms with Crippen molar-refractivity contribution in [2.24, 2.45) is 23.2 Å². The monoisotopic (exact) mass is 478 g/mol. The fourth-order valence-electron chi connectivity index (χ4n) is 5.34. The van der Waals surface area contributed by atoms with Gasteiger partial charge >= 0.3 is 0 Å². The number of aromatic nitrogens is 1. The number of ether oxygens (including phenoxy) is 1. The van der Waals surface area contributed by atoms with Gasteiger partial charge < -0.3 is 19.9 Å². The van der Waals surface area contributed by atoms with Crippen LogP contribution < -0.4 is 10.1 Å². The zero-order valence-electron chi connectivity index (χ0n) is 20.9. The van der Waals surface area contributed by atoms with Crippen LogP contribution in [0.1, 0.15) is 56.9 Å². The summed E-state index contributed by atoms with van der Waals surface area (Å²) in [5, 5.41) is 13.3. The van der Waals surface area contributed by atoms with Crippen LogP contribution in [0.15, 0.2) is 24.3 Å². The third-order valence-corrected chi connectivity index (χ3v) is 7.59. The van der Waals surface area contributed by atoms with Crippen LogP contribution in [0, 0.1) is 34.5 Å². The van der Waals surface area contributed by atoms with Crippen molar-refractivity contribution in [2.45, 2.75) is 52.5 Å². The molecule has 2 amide bonds. The first-order valence-corrected chi connectivity index (χ1v) is 12.3. The Morgan fingerprint density at radius 2 is 2.09 bits per heavy atom. The second-order valence-corrected chi connectivity index (χ2v) is 10.9. The highest BCUT2D eigenvalue weighted by Crippen LogP contribution is 2.39. The van der Waals surface area contributed by atoms with Gasteiger partial charge in [0, 0.05) is 36.3 Å². The highest BCUT2D eigenvalue weighted by Gasteiger charge is 2.44. The zero-order valence-corrected chi connectivity index (χ0v) is 20.9. The smallest absolute Gasteiger partial charge is 0.270 e. The van der Waals surface area contributed by atoms with Gasteiger partial charge in [0.05, 0.1) is 25.1 Å². The van der Waals surface area contributed by atoms with E-state index in [2.05, 4.69) is 37.1 Å². The number of fused-ring (bicyclic) bond motifs is 1. The molecule has 35 heavy (non-hydrogen) atoms. The third kappa shape index (κ3) is 5.04. The van der Waals surface area contributed by atoms with Gasteiger partial charge in [-0.15, -0.1) is 0 Å². The molecule has 0 unspecified atom stereocenters. The molecular formula is C27H34N4O4. The van der Waals surface area contributed by atoms with E-state index in [1.165, 1.54) is 0 Å². The number of nitriles is 1. The summed E-state index contributed by atoms with van der Waals surface area (Å²) >= 11 is 0. The molecule has 0 radical (unpaired) electrons. The number of hydrogen-bond acceptors (Lipinski definition) is 5. The molecule has 0 bridgehead atoms. The molecule has 2 aromatic rings. The predicted octanol–water partition coefficient (Wildman–Crippen LogP) is 3.68. The molecule has 3 heterocycles. The molecule has 4 atom stereocenters. The van der Waals surface area contributed by atoms with E-state index in [1.807, 2.05) is 18.2 Å². The van der Waals surface area contributed by atoms with E-state index in [1.54, 1.807) is 18.1 Å². The quantitative estimate of drug-likeness (QED) is 0.630. The van der Waals surface area contributed by atoms with Crippen LogP contribution in [0.25, 0.3) is 10.9 Å². The SMILES string of the molecule is COc1cccc2[nH]c(C(=O)N3C[C@H](C(C)(C)C)C[C@H]3C(=O)C[C@H](C#N)C[C@@H]3CCNC3=O)cc12. The summed E-state index contributed by atoms with van der Waals surface area (Å²) in [6.45, 7) is 7.46. The number of carbonyl (C=O) groups is 3. The van der Waals surface area contributed by atoms with E-state index in [9.17, 15) is 19.6 Å². The molecule has 8 nitrogen and oxygen atoms in total. The Morgan fingerprint density at radius 1 is 1.31 bits per heavy atom. The average molecular weight is 479 g/mol. The van der Waals surface area contributed by atoms with Crippen LogP contribution >= 0.6 is 0 Å². The van der Waals surface area contributed by atoms with E-state index in [0.717, 1.165) is 10.9 Å². The number of aromatic amines is 1. The minimum Gasteiger partial charge on any atom is -0.496 e. The van der Waals surface area contributed by atoms with Crippen molar-refractivity contribution >= 4 is 28.5 Å². The molecule has 2 fully saturated rings. The molecule has 1 aromatic heterocycles. The summed E-state index contributed by atoms with van der Waals surface area (Å²) in [4.78, 5) is 44.0. The summed E-state index contributed by atoms with van der Waals surface area (Å²) < 4.78 is 5.43. The minimum absolute atomic E-state index is 0.0441. The fraction of sp³-hybridized carbons (Fsp3) is 0.556. The minimum atomic E-state index is -0.590. The first-order valence-electron chi connectivity index (χ1n) is 12.3. The van der Waals surface area contributed by atoms with E-state index in [4.69, 9.17) is 4.74 Å². The second-order valence-electron chi connectivity index (χ2n) is 10.9. The number of amides is 2. The number of H-pyrrole nitrogens is 1. The first kappa shape index (κ1) is 24.8. The summed E-state index contributed by atoms with van der Waals surface area (Å²) in [5.74, 6) is -0.317. The highest BCUT2D eigenvalue weighted by molar-refractivity contribution is 6.02. The van der Waals surface area contributed by atoms with Crippen molar-refractivity contribution in [3.8, 4) is 11.8 Å². The molecule has 0 spiro atoms. The number of hydrogen-bond donors (Lipinski definition) is 2. The predicted molar refractivity (Wildman–Crippen MR) is 132 cm³/mol. The zero-order chi connectivity index (χ0) is 25.3.